The van der Waals surface area contributed by atoms with Gasteiger partial charge in [0.1, 0.15) is 5.60 Å². The standard InChI is InChI=1S/C16H27N3OS/c1-4-17-15(18-11-8-12-21-3)19-13-16(2,20)14-9-6-5-7-10-14/h5-7,9-10,20H,4,8,11-13H2,1-3H3,(H2,17,18,19). The van der Waals surface area contributed by atoms with E-state index in [0.717, 1.165) is 36.8 Å². The number of hydrogen-bond acceptors (Lipinski definition) is 3. The summed E-state index contributed by atoms with van der Waals surface area (Å²) >= 11 is 1.84. The summed E-state index contributed by atoms with van der Waals surface area (Å²) in [7, 11) is 0. The molecule has 21 heavy (non-hydrogen) atoms. The highest BCUT2D eigenvalue weighted by molar-refractivity contribution is 7.98. The predicted molar refractivity (Wildman–Crippen MR) is 93.0 cm³/mol. The minimum atomic E-state index is -0.955. The summed E-state index contributed by atoms with van der Waals surface area (Å²) in [5.41, 5.74) is -0.0740. The molecular formula is C16H27N3OS. The molecule has 1 aromatic carbocycles. The van der Waals surface area contributed by atoms with Crippen molar-refractivity contribution in [3.8, 4) is 0 Å². The highest BCUT2D eigenvalue weighted by Crippen LogP contribution is 2.20. The number of hydrogen-bond donors (Lipinski definition) is 3. The van der Waals surface area contributed by atoms with Gasteiger partial charge in [0.25, 0.3) is 0 Å². The third kappa shape index (κ3) is 6.87. The van der Waals surface area contributed by atoms with Crippen LogP contribution in [0.1, 0.15) is 25.8 Å². The van der Waals surface area contributed by atoms with Crippen LogP contribution in [0, 0.1) is 0 Å². The predicted octanol–water partition coefficient (Wildman–Crippen LogP) is 2.20. The molecule has 5 heteroatoms. The zero-order valence-electron chi connectivity index (χ0n) is 13.2. The van der Waals surface area contributed by atoms with E-state index in [4.69, 9.17) is 0 Å². The summed E-state index contributed by atoms with van der Waals surface area (Å²) in [6, 6.07) is 9.65. The lowest BCUT2D eigenvalue weighted by molar-refractivity contribution is 0.0672. The molecule has 3 N–H and O–H groups in total. The molecule has 1 rings (SSSR count). The van der Waals surface area contributed by atoms with E-state index in [1.54, 1.807) is 6.92 Å². The van der Waals surface area contributed by atoms with E-state index in [9.17, 15) is 5.11 Å². The first-order valence-corrected chi connectivity index (χ1v) is 8.78. The van der Waals surface area contributed by atoms with Gasteiger partial charge in [-0.2, -0.15) is 11.8 Å². The Balaban J connectivity index is 2.59. The Morgan fingerprint density at radius 2 is 2.00 bits per heavy atom. The zero-order chi connectivity index (χ0) is 15.6. The maximum Gasteiger partial charge on any atom is 0.191 e. The maximum atomic E-state index is 10.5. The first kappa shape index (κ1) is 17.9. The van der Waals surface area contributed by atoms with Gasteiger partial charge in [0, 0.05) is 13.1 Å². The molecule has 0 saturated heterocycles. The quantitative estimate of drug-likeness (QED) is 0.391. The second kappa shape index (κ2) is 9.68. The molecule has 0 bridgehead atoms. The lowest BCUT2D eigenvalue weighted by Crippen LogP contribution is -2.39. The molecule has 0 aliphatic carbocycles. The lowest BCUT2D eigenvalue weighted by Gasteiger charge is -2.22. The van der Waals surface area contributed by atoms with Crippen LogP contribution in [0.5, 0.6) is 0 Å². The van der Waals surface area contributed by atoms with Gasteiger partial charge in [-0.05, 0) is 37.8 Å². The number of guanidine groups is 1. The first-order chi connectivity index (χ1) is 10.1. The number of aliphatic imine (C=N–C) groups is 1. The average molecular weight is 309 g/mol. The second-order valence-electron chi connectivity index (χ2n) is 5.11. The highest BCUT2D eigenvalue weighted by atomic mass is 32.2. The van der Waals surface area contributed by atoms with Crippen molar-refractivity contribution >= 4 is 17.7 Å². The largest absolute Gasteiger partial charge is 0.384 e. The van der Waals surface area contributed by atoms with Gasteiger partial charge in [-0.3, -0.25) is 0 Å². The number of thioether (sulfide) groups is 1. The van der Waals surface area contributed by atoms with Crippen LogP contribution in [0.2, 0.25) is 0 Å². The molecule has 0 radical (unpaired) electrons. The molecule has 0 saturated carbocycles. The van der Waals surface area contributed by atoms with Gasteiger partial charge in [-0.1, -0.05) is 30.3 Å². The summed E-state index contributed by atoms with van der Waals surface area (Å²) in [4.78, 5) is 4.50. The Morgan fingerprint density at radius 3 is 2.62 bits per heavy atom. The second-order valence-corrected chi connectivity index (χ2v) is 6.09. The van der Waals surface area contributed by atoms with Crippen LogP contribution in [0.4, 0.5) is 0 Å². The summed E-state index contributed by atoms with van der Waals surface area (Å²) in [5.74, 6) is 1.89. The van der Waals surface area contributed by atoms with Crippen molar-refractivity contribution in [2.24, 2.45) is 4.99 Å². The summed E-state index contributed by atoms with van der Waals surface area (Å²) in [5, 5.41) is 17.0. The van der Waals surface area contributed by atoms with Crippen LogP contribution in [-0.2, 0) is 5.60 Å². The van der Waals surface area contributed by atoms with Crippen LogP contribution in [-0.4, -0.2) is 42.7 Å². The highest BCUT2D eigenvalue weighted by Gasteiger charge is 2.22. The number of benzene rings is 1. The molecule has 0 spiro atoms. The molecule has 1 aromatic rings. The van der Waals surface area contributed by atoms with Crippen molar-refractivity contribution in [2.75, 3.05) is 31.6 Å². The fraction of sp³-hybridized carbons (Fsp3) is 0.562. The van der Waals surface area contributed by atoms with Crippen LogP contribution >= 0.6 is 11.8 Å². The van der Waals surface area contributed by atoms with Crippen molar-refractivity contribution in [3.05, 3.63) is 35.9 Å². The molecule has 4 nitrogen and oxygen atoms in total. The Morgan fingerprint density at radius 1 is 1.29 bits per heavy atom. The summed E-state index contributed by atoms with van der Waals surface area (Å²) < 4.78 is 0. The van der Waals surface area contributed by atoms with Crippen LogP contribution < -0.4 is 10.6 Å². The molecule has 0 heterocycles. The Bertz CT molecular complexity index is 421. The molecule has 1 atom stereocenters. The molecule has 0 amide bonds. The molecule has 1 unspecified atom stereocenters. The maximum absolute atomic E-state index is 10.5. The van der Waals surface area contributed by atoms with Gasteiger partial charge in [0.2, 0.25) is 0 Å². The summed E-state index contributed by atoms with van der Waals surface area (Å²) in [6.07, 6.45) is 3.21. The van der Waals surface area contributed by atoms with Crippen LogP contribution in [0.25, 0.3) is 0 Å². The summed E-state index contributed by atoms with van der Waals surface area (Å²) in [6.45, 7) is 5.86. The SMILES string of the molecule is CCNC(=NCC(C)(O)c1ccccc1)NCCCSC. The van der Waals surface area contributed by atoms with Crippen molar-refractivity contribution in [1.82, 2.24) is 10.6 Å². The third-order valence-corrected chi connectivity index (χ3v) is 3.80. The monoisotopic (exact) mass is 309 g/mol. The molecular weight excluding hydrogens is 282 g/mol. The fourth-order valence-corrected chi connectivity index (χ4v) is 2.32. The van der Waals surface area contributed by atoms with Gasteiger partial charge in [-0.15, -0.1) is 0 Å². The third-order valence-electron chi connectivity index (χ3n) is 3.10. The number of aliphatic hydroxyl groups is 1. The lowest BCUT2D eigenvalue weighted by atomic mass is 9.96. The zero-order valence-corrected chi connectivity index (χ0v) is 14.0. The van der Waals surface area contributed by atoms with Gasteiger partial charge < -0.3 is 15.7 Å². The first-order valence-electron chi connectivity index (χ1n) is 7.39. The minimum absolute atomic E-state index is 0.328. The molecule has 0 fully saturated rings. The fourth-order valence-electron chi connectivity index (χ4n) is 1.89. The Hall–Kier alpha value is -1.20. The van der Waals surface area contributed by atoms with Crippen LogP contribution in [0.15, 0.2) is 35.3 Å². The van der Waals surface area contributed by atoms with Gasteiger partial charge in [-0.25, -0.2) is 4.99 Å². The topological polar surface area (TPSA) is 56.7 Å². The van der Waals surface area contributed by atoms with Crippen molar-refractivity contribution in [2.45, 2.75) is 25.9 Å². The van der Waals surface area contributed by atoms with Crippen molar-refractivity contribution < 1.29 is 5.11 Å². The van der Waals surface area contributed by atoms with E-state index in [0.29, 0.717) is 6.54 Å². The number of rotatable bonds is 8. The van der Waals surface area contributed by atoms with E-state index in [1.807, 2.05) is 49.0 Å². The van der Waals surface area contributed by atoms with Gasteiger partial charge in [0.15, 0.2) is 5.96 Å². The van der Waals surface area contributed by atoms with E-state index in [-0.39, 0.29) is 0 Å². The number of nitrogens with zero attached hydrogens (tertiary/aromatic N) is 1. The van der Waals surface area contributed by atoms with E-state index in [2.05, 4.69) is 21.9 Å². The van der Waals surface area contributed by atoms with Crippen molar-refractivity contribution in [1.29, 1.82) is 0 Å². The van der Waals surface area contributed by atoms with E-state index < -0.39 is 5.60 Å². The molecule has 0 aliphatic heterocycles. The van der Waals surface area contributed by atoms with E-state index in [1.165, 1.54) is 0 Å². The normalized spacial score (nSPS) is 14.6. The van der Waals surface area contributed by atoms with Crippen molar-refractivity contribution in [3.63, 3.8) is 0 Å². The minimum Gasteiger partial charge on any atom is -0.384 e. The van der Waals surface area contributed by atoms with E-state index >= 15 is 0 Å². The Labute approximate surface area is 132 Å². The molecule has 0 aromatic heterocycles. The van der Waals surface area contributed by atoms with Gasteiger partial charge in [0.05, 0.1) is 6.54 Å². The smallest absolute Gasteiger partial charge is 0.191 e. The Kier molecular flexibility index (Phi) is 8.23. The molecule has 0 aliphatic rings. The number of nitrogens with one attached hydrogen (secondary N) is 2. The molecule has 118 valence electrons. The van der Waals surface area contributed by atoms with Crippen LogP contribution in [0.3, 0.4) is 0 Å². The average Bonchev–Trinajstić information content (AvgIpc) is 2.50. The van der Waals surface area contributed by atoms with Gasteiger partial charge >= 0.3 is 0 Å².